The Kier molecular flexibility index (Phi) is 7.21. The van der Waals surface area contributed by atoms with Crippen molar-refractivity contribution in [2.45, 2.75) is 17.2 Å². The molecule has 0 saturated heterocycles. The number of amides is 1. The highest BCUT2D eigenvalue weighted by molar-refractivity contribution is 7.89. The molecule has 0 unspecified atom stereocenters. The van der Waals surface area contributed by atoms with Crippen LogP contribution in [0.25, 0.3) is 0 Å². The highest BCUT2D eigenvalue weighted by Crippen LogP contribution is 2.36. The largest absolute Gasteiger partial charge is 0.497 e. The van der Waals surface area contributed by atoms with Crippen molar-refractivity contribution in [3.05, 3.63) is 59.2 Å². The van der Waals surface area contributed by atoms with E-state index in [1.54, 1.807) is 0 Å². The summed E-state index contributed by atoms with van der Waals surface area (Å²) < 4.78 is 109. The Balaban J connectivity index is 2.05. The summed E-state index contributed by atoms with van der Waals surface area (Å²) in [5.41, 5.74) is -4.12. The van der Waals surface area contributed by atoms with Crippen LogP contribution >= 0.6 is 0 Å². The van der Waals surface area contributed by atoms with Crippen molar-refractivity contribution in [1.82, 2.24) is 10.0 Å². The lowest BCUT2D eigenvalue weighted by atomic mass is 10.0. The van der Waals surface area contributed by atoms with E-state index in [1.807, 2.05) is 0 Å². The van der Waals surface area contributed by atoms with Crippen molar-refractivity contribution in [2.24, 2.45) is 0 Å². The van der Waals surface area contributed by atoms with Gasteiger partial charge in [-0.15, -0.1) is 0 Å². The fourth-order valence-corrected chi connectivity index (χ4v) is 3.42. The zero-order valence-corrected chi connectivity index (χ0v) is 16.6. The molecule has 0 aliphatic heterocycles. The van der Waals surface area contributed by atoms with E-state index in [2.05, 4.69) is 10.0 Å². The van der Waals surface area contributed by atoms with E-state index in [1.165, 1.54) is 31.4 Å². The fraction of sp³-hybridized carbons (Fsp3) is 0.278. The number of alkyl halides is 6. The van der Waals surface area contributed by atoms with E-state index in [0.717, 1.165) is 0 Å². The number of ether oxygens (including phenoxy) is 1. The summed E-state index contributed by atoms with van der Waals surface area (Å²) in [4.78, 5) is 11.9. The standard InChI is InChI=1S/C18H16F6N2O4S/c1-30-14-2-4-15(5-3-14)31(28,29)26-7-6-25-16(27)11-8-12(17(19,20)21)10-13(9-11)18(22,23)24/h2-5,8-10,26H,6-7H2,1H3,(H,25,27). The number of methoxy groups -OCH3 is 1. The minimum Gasteiger partial charge on any atom is -0.497 e. The Morgan fingerprint density at radius 2 is 1.42 bits per heavy atom. The maximum absolute atomic E-state index is 12.9. The molecule has 2 aromatic carbocycles. The maximum Gasteiger partial charge on any atom is 0.416 e. The lowest BCUT2D eigenvalue weighted by Crippen LogP contribution is -2.35. The quantitative estimate of drug-likeness (QED) is 0.480. The molecule has 0 saturated carbocycles. The molecule has 2 aromatic rings. The number of carbonyl (C=O) groups excluding carboxylic acids is 1. The molecule has 2 N–H and O–H groups in total. The Labute approximate surface area is 173 Å². The Hall–Kier alpha value is -2.80. The van der Waals surface area contributed by atoms with Gasteiger partial charge in [0.05, 0.1) is 23.1 Å². The van der Waals surface area contributed by atoms with E-state index < -0.39 is 45.0 Å². The van der Waals surface area contributed by atoms with Crippen molar-refractivity contribution in [3.8, 4) is 5.75 Å². The first-order valence-corrected chi connectivity index (χ1v) is 9.94. The molecule has 0 aliphatic carbocycles. The highest BCUT2D eigenvalue weighted by Gasteiger charge is 2.37. The molecular weight excluding hydrogens is 454 g/mol. The second-order valence-electron chi connectivity index (χ2n) is 6.12. The number of carbonyl (C=O) groups is 1. The Morgan fingerprint density at radius 3 is 1.87 bits per heavy atom. The first-order valence-electron chi connectivity index (χ1n) is 8.45. The molecule has 0 spiro atoms. The SMILES string of the molecule is COc1ccc(S(=O)(=O)NCCNC(=O)c2cc(C(F)(F)F)cc(C(F)(F)F)c2)cc1. The third-order valence-corrected chi connectivity index (χ3v) is 5.40. The molecule has 13 heteroatoms. The van der Waals surface area contributed by atoms with Gasteiger partial charge in [-0.05, 0) is 42.5 Å². The molecule has 0 aromatic heterocycles. The predicted molar refractivity (Wildman–Crippen MR) is 97.0 cm³/mol. The molecule has 1 amide bonds. The smallest absolute Gasteiger partial charge is 0.416 e. The maximum atomic E-state index is 12.9. The third-order valence-electron chi connectivity index (χ3n) is 3.92. The van der Waals surface area contributed by atoms with Crippen LogP contribution in [0.4, 0.5) is 26.3 Å². The molecule has 0 bridgehead atoms. The summed E-state index contributed by atoms with van der Waals surface area (Å²) in [7, 11) is -2.56. The summed E-state index contributed by atoms with van der Waals surface area (Å²) >= 11 is 0. The molecule has 31 heavy (non-hydrogen) atoms. The molecule has 6 nitrogen and oxygen atoms in total. The predicted octanol–water partition coefficient (Wildman–Crippen LogP) is 3.44. The molecular formula is C18H16F6N2O4S. The van der Waals surface area contributed by atoms with E-state index in [0.29, 0.717) is 5.75 Å². The van der Waals surface area contributed by atoms with Gasteiger partial charge in [0.2, 0.25) is 10.0 Å². The van der Waals surface area contributed by atoms with Gasteiger partial charge in [0.15, 0.2) is 0 Å². The minimum absolute atomic E-state index is 0.0975. The molecule has 2 rings (SSSR count). The summed E-state index contributed by atoms with van der Waals surface area (Å²) in [5.74, 6) is -0.800. The number of hydrogen-bond acceptors (Lipinski definition) is 4. The van der Waals surface area contributed by atoms with E-state index in [4.69, 9.17) is 4.74 Å². The number of hydrogen-bond donors (Lipinski definition) is 2. The van der Waals surface area contributed by atoms with Crippen molar-refractivity contribution in [3.63, 3.8) is 0 Å². The van der Waals surface area contributed by atoms with Crippen LogP contribution in [0.15, 0.2) is 47.4 Å². The van der Waals surface area contributed by atoms with Crippen LogP contribution in [-0.2, 0) is 22.4 Å². The van der Waals surface area contributed by atoms with Crippen molar-refractivity contribution >= 4 is 15.9 Å². The lowest BCUT2D eigenvalue weighted by Gasteiger charge is -2.14. The highest BCUT2D eigenvalue weighted by atomic mass is 32.2. The lowest BCUT2D eigenvalue weighted by molar-refractivity contribution is -0.143. The van der Waals surface area contributed by atoms with E-state index >= 15 is 0 Å². The summed E-state index contributed by atoms with van der Waals surface area (Å²) in [6.07, 6.45) is -10.2. The normalized spacial score (nSPS) is 12.5. The average Bonchev–Trinajstić information content (AvgIpc) is 2.69. The Morgan fingerprint density at radius 1 is 0.903 bits per heavy atom. The van der Waals surface area contributed by atoms with Crippen LogP contribution in [0.2, 0.25) is 0 Å². The van der Waals surface area contributed by atoms with E-state index in [9.17, 15) is 39.6 Å². The molecule has 0 heterocycles. The first-order chi connectivity index (χ1) is 14.2. The van der Waals surface area contributed by atoms with Gasteiger partial charge in [-0.25, -0.2) is 13.1 Å². The summed E-state index contributed by atoms with van der Waals surface area (Å²) in [5, 5.41) is 2.08. The van der Waals surface area contributed by atoms with Gasteiger partial charge in [0.25, 0.3) is 5.91 Å². The van der Waals surface area contributed by atoms with Gasteiger partial charge in [0.1, 0.15) is 5.75 Å². The van der Waals surface area contributed by atoms with Gasteiger partial charge in [-0.3, -0.25) is 4.79 Å². The number of benzene rings is 2. The summed E-state index contributed by atoms with van der Waals surface area (Å²) in [6.45, 7) is -0.739. The monoisotopic (exact) mass is 470 g/mol. The second-order valence-corrected chi connectivity index (χ2v) is 7.89. The fourth-order valence-electron chi connectivity index (χ4n) is 2.39. The Bertz CT molecular complexity index is 1000. The van der Waals surface area contributed by atoms with Crippen molar-refractivity contribution in [2.75, 3.05) is 20.2 Å². The zero-order chi connectivity index (χ0) is 23.4. The van der Waals surface area contributed by atoms with Crippen LogP contribution < -0.4 is 14.8 Å². The molecule has 0 atom stereocenters. The van der Waals surface area contributed by atoms with Crippen molar-refractivity contribution < 1.29 is 44.3 Å². The van der Waals surface area contributed by atoms with Crippen LogP contribution in [0.5, 0.6) is 5.75 Å². The van der Waals surface area contributed by atoms with Gasteiger partial charge in [0, 0.05) is 18.7 Å². The molecule has 0 fully saturated rings. The van der Waals surface area contributed by atoms with Crippen LogP contribution in [-0.4, -0.2) is 34.5 Å². The summed E-state index contributed by atoms with van der Waals surface area (Å²) in [6, 6.07) is 5.81. The number of rotatable bonds is 7. The average molecular weight is 470 g/mol. The van der Waals surface area contributed by atoms with E-state index in [-0.39, 0.29) is 36.2 Å². The molecule has 170 valence electrons. The van der Waals surface area contributed by atoms with Gasteiger partial charge in [-0.2, -0.15) is 26.3 Å². The van der Waals surface area contributed by atoms with Gasteiger partial charge in [-0.1, -0.05) is 0 Å². The van der Waals surface area contributed by atoms with Crippen LogP contribution in [0.1, 0.15) is 21.5 Å². The first kappa shape index (κ1) is 24.5. The second kappa shape index (κ2) is 9.14. The van der Waals surface area contributed by atoms with Crippen LogP contribution in [0.3, 0.4) is 0 Å². The topological polar surface area (TPSA) is 84.5 Å². The minimum atomic E-state index is -5.09. The van der Waals surface area contributed by atoms with Gasteiger partial charge < -0.3 is 10.1 Å². The van der Waals surface area contributed by atoms with Crippen LogP contribution in [0, 0.1) is 0 Å². The van der Waals surface area contributed by atoms with Gasteiger partial charge >= 0.3 is 12.4 Å². The molecule has 0 aliphatic rings. The van der Waals surface area contributed by atoms with Crippen molar-refractivity contribution in [1.29, 1.82) is 0 Å². The number of sulfonamides is 1. The third kappa shape index (κ3) is 6.59. The number of nitrogens with one attached hydrogen (secondary N) is 2. The molecule has 0 radical (unpaired) electrons. The zero-order valence-electron chi connectivity index (χ0n) is 15.8. The number of halogens is 6.